The first-order valence-electron chi connectivity index (χ1n) is 7.97. The summed E-state index contributed by atoms with van der Waals surface area (Å²) in [6.07, 6.45) is 4.36. The number of nitrogens with zero attached hydrogens (tertiary/aromatic N) is 2. The highest BCUT2D eigenvalue weighted by atomic mass is 127. The van der Waals surface area contributed by atoms with E-state index in [-0.39, 0.29) is 29.4 Å². The van der Waals surface area contributed by atoms with Crippen LogP contribution in [0.2, 0.25) is 5.02 Å². The molecule has 1 aromatic carbocycles. The first-order chi connectivity index (χ1) is 10.6. The van der Waals surface area contributed by atoms with Crippen LogP contribution in [0.4, 0.5) is 0 Å². The Kier molecular flexibility index (Phi) is 6.57. The molecule has 128 valence electrons. The van der Waals surface area contributed by atoms with Gasteiger partial charge in [-0.05, 0) is 43.4 Å². The molecule has 0 spiro atoms. The summed E-state index contributed by atoms with van der Waals surface area (Å²) in [6, 6.07) is 8.71. The van der Waals surface area contributed by atoms with Gasteiger partial charge in [0.15, 0.2) is 5.96 Å². The van der Waals surface area contributed by atoms with Gasteiger partial charge in [-0.2, -0.15) is 0 Å². The van der Waals surface area contributed by atoms with E-state index in [0.717, 1.165) is 31.1 Å². The first kappa shape index (κ1) is 18.8. The summed E-state index contributed by atoms with van der Waals surface area (Å²) in [5.74, 6) is 0.649. The third-order valence-corrected chi connectivity index (χ3v) is 5.12. The highest BCUT2D eigenvalue weighted by Gasteiger charge is 2.35. The summed E-state index contributed by atoms with van der Waals surface area (Å²) < 4.78 is 5.56. The van der Waals surface area contributed by atoms with E-state index in [0.29, 0.717) is 18.5 Å². The van der Waals surface area contributed by atoms with Crippen LogP contribution in [-0.4, -0.2) is 43.7 Å². The van der Waals surface area contributed by atoms with Gasteiger partial charge < -0.3 is 15.4 Å². The summed E-state index contributed by atoms with van der Waals surface area (Å²) in [6.45, 7) is 2.22. The molecule has 2 aliphatic rings. The van der Waals surface area contributed by atoms with Crippen molar-refractivity contribution in [2.24, 2.45) is 10.7 Å². The highest BCUT2D eigenvalue weighted by molar-refractivity contribution is 14.0. The van der Waals surface area contributed by atoms with Crippen molar-refractivity contribution in [1.29, 1.82) is 0 Å². The van der Waals surface area contributed by atoms with Gasteiger partial charge in [-0.1, -0.05) is 23.7 Å². The molecule has 0 radical (unpaired) electrons. The van der Waals surface area contributed by atoms with Crippen LogP contribution in [0.1, 0.15) is 31.2 Å². The molecule has 0 amide bonds. The highest BCUT2D eigenvalue weighted by Crippen LogP contribution is 2.36. The topological polar surface area (TPSA) is 50.8 Å². The van der Waals surface area contributed by atoms with Crippen LogP contribution < -0.4 is 5.73 Å². The number of aliphatic imine (C=N–C) groups is 1. The fraction of sp³-hybridized carbons (Fsp3) is 0.588. The minimum atomic E-state index is -0.0157. The normalized spacial score (nSPS) is 20.7. The molecule has 1 aliphatic heterocycles. The molecule has 23 heavy (non-hydrogen) atoms. The number of hydrogen-bond donors (Lipinski definition) is 1. The molecule has 1 saturated carbocycles. The first-order valence-corrected chi connectivity index (χ1v) is 8.35. The summed E-state index contributed by atoms with van der Waals surface area (Å²) >= 11 is 6.19. The molecule has 6 heteroatoms. The van der Waals surface area contributed by atoms with Crippen molar-refractivity contribution in [2.75, 3.05) is 26.8 Å². The molecule has 2 N–H and O–H groups in total. The lowest BCUT2D eigenvalue weighted by Gasteiger charge is -2.37. The Morgan fingerprint density at radius 1 is 1.39 bits per heavy atom. The van der Waals surface area contributed by atoms with Crippen molar-refractivity contribution in [3.05, 3.63) is 34.9 Å². The van der Waals surface area contributed by atoms with Gasteiger partial charge >= 0.3 is 0 Å². The molecule has 2 fully saturated rings. The Morgan fingerprint density at radius 2 is 2.09 bits per heavy atom. The summed E-state index contributed by atoms with van der Waals surface area (Å²) in [4.78, 5) is 6.81. The van der Waals surface area contributed by atoms with Gasteiger partial charge in [0.1, 0.15) is 0 Å². The maximum Gasteiger partial charge on any atom is 0.191 e. The number of ether oxygens (including phenoxy) is 1. The minimum absolute atomic E-state index is 0. The lowest BCUT2D eigenvalue weighted by Crippen LogP contribution is -2.40. The zero-order chi connectivity index (χ0) is 15.6. The van der Waals surface area contributed by atoms with E-state index >= 15 is 0 Å². The average molecular weight is 450 g/mol. The number of guanidine groups is 1. The Hall–Kier alpha value is -0.530. The van der Waals surface area contributed by atoms with E-state index in [1.165, 1.54) is 18.4 Å². The molecule has 0 atom stereocenters. The van der Waals surface area contributed by atoms with Crippen LogP contribution in [0.15, 0.2) is 29.3 Å². The Balaban J connectivity index is 0.00000192. The molecule has 1 aromatic rings. The van der Waals surface area contributed by atoms with Crippen molar-refractivity contribution in [1.82, 2.24) is 4.90 Å². The third kappa shape index (κ3) is 4.51. The molecule has 0 unspecified atom stereocenters. The summed E-state index contributed by atoms with van der Waals surface area (Å²) in [7, 11) is 2.03. The van der Waals surface area contributed by atoms with Crippen molar-refractivity contribution in [3.8, 4) is 0 Å². The number of rotatable bonds is 4. The monoisotopic (exact) mass is 449 g/mol. The smallest absolute Gasteiger partial charge is 0.191 e. The molecule has 1 aliphatic carbocycles. The molecule has 1 heterocycles. The third-order valence-electron chi connectivity index (χ3n) is 4.89. The lowest BCUT2D eigenvalue weighted by molar-refractivity contribution is 0.0530. The zero-order valence-corrected chi connectivity index (χ0v) is 16.6. The van der Waals surface area contributed by atoms with Crippen LogP contribution in [0, 0.1) is 0 Å². The second kappa shape index (κ2) is 8.03. The van der Waals surface area contributed by atoms with Crippen molar-refractivity contribution < 1.29 is 4.74 Å². The predicted octanol–water partition coefficient (Wildman–Crippen LogP) is 3.42. The van der Waals surface area contributed by atoms with Gasteiger partial charge in [0.05, 0.1) is 6.54 Å². The Labute approximate surface area is 160 Å². The minimum Gasteiger partial charge on any atom is -0.381 e. The van der Waals surface area contributed by atoms with Gasteiger partial charge in [0.2, 0.25) is 0 Å². The van der Waals surface area contributed by atoms with Crippen molar-refractivity contribution in [3.63, 3.8) is 0 Å². The number of benzene rings is 1. The maximum absolute atomic E-state index is 6.19. The van der Waals surface area contributed by atoms with E-state index < -0.39 is 0 Å². The molecular formula is C17H25ClIN3O. The van der Waals surface area contributed by atoms with Crippen LogP contribution in [-0.2, 0) is 10.2 Å². The fourth-order valence-corrected chi connectivity index (χ4v) is 3.30. The Bertz CT molecular complexity index is 557. The standard InChI is InChI=1S/C17H24ClN3O.HI/c1-21(15-5-6-15)16(19)20-12-17(7-9-22-10-8-17)13-3-2-4-14(18)11-13;/h2-4,11,15H,5-10,12H2,1H3,(H2,19,20);1H. The van der Waals surface area contributed by atoms with E-state index in [1.807, 2.05) is 19.2 Å². The second-order valence-electron chi connectivity index (χ2n) is 6.42. The largest absolute Gasteiger partial charge is 0.381 e. The average Bonchev–Trinajstić information content (AvgIpc) is 3.38. The number of hydrogen-bond acceptors (Lipinski definition) is 2. The summed E-state index contributed by atoms with van der Waals surface area (Å²) in [5.41, 5.74) is 7.39. The fourth-order valence-electron chi connectivity index (χ4n) is 3.11. The van der Waals surface area contributed by atoms with E-state index in [4.69, 9.17) is 27.1 Å². The van der Waals surface area contributed by atoms with Gasteiger partial charge in [-0.15, -0.1) is 24.0 Å². The zero-order valence-electron chi connectivity index (χ0n) is 13.5. The van der Waals surface area contributed by atoms with Crippen LogP contribution in [0.5, 0.6) is 0 Å². The quantitative estimate of drug-likeness (QED) is 0.435. The number of nitrogens with two attached hydrogens (primary N) is 1. The van der Waals surface area contributed by atoms with Gasteiger partial charge in [0.25, 0.3) is 0 Å². The van der Waals surface area contributed by atoms with Crippen LogP contribution in [0.3, 0.4) is 0 Å². The molecular weight excluding hydrogens is 425 g/mol. The molecule has 3 rings (SSSR count). The van der Waals surface area contributed by atoms with Gasteiger partial charge in [-0.25, -0.2) is 0 Å². The van der Waals surface area contributed by atoms with Gasteiger partial charge in [0, 0.05) is 36.7 Å². The SMILES string of the molecule is CN(C(N)=NCC1(c2cccc(Cl)c2)CCOCC1)C1CC1.I. The molecule has 0 aromatic heterocycles. The van der Waals surface area contributed by atoms with Gasteiger partial charge in [-0.3, -0.25) is 4.99 Å². The maximum atomic E-state index is 6.19. The molecule has 1 saturated heterocycles. The van der Waals surface area contributed by atoms with Crippen molar-refractivity contribution >= 4 is 41.5 Å². The second-order valence-corrected chi connectivity index (χ2v) is 6.86. The molecule has 4 nitrogen and oxygen atoms in total. The van der Waals surface area contributed by atoms with Crippen LogP contribution >= 0.6 is 35.6 Å². The van der Waals surface area contributed by atoms with E-state index in [1.54, 1.807) is 0 Å². The molecule has 0 bridgehead atoms. The van der Waals surface area contributed by atoms with E-state index in [9.17, 15) is 0 Å². The Morgan fingerprint density at radius 3 is 2.70 bits per heavy atom. The lowest BCUT2D eigenvalue weighted by atomic mass is 9.74. The van der Waals surface area contributed by atoms with E-state index in [2.05, 4.69) is 17.0 Å². The number of halogens is 2. The van der Waals surface area contributed by atoms with Crippen molar-refractivity contribution in [2.45, 2.75) is 37.1 Å². The predicted molar refractivity (Wildman–Crippen MR) is 106 cm³/mol. The van der Waals surface area contributed by atoms with Crippen LogP contribution in [0.25, 0.3) is 0 Å². The summed E-state index contributed by atoms with van der Waals surface area (Å²) in [5, 5.41) is 0.774.